The number of carbonyl (C=O) groups is 3. The average molecular weight is 471 g/mol. The Bertz CT molecular complexity index is 1280. The Morgan fingerprint density at radius 3 is 2.14 bits per heavy atom. The van der Waals surface area contributed by atoms with E-state index in [1.165, 1.54) is 10.5 Å². The fourth-order valence-electron chi connectivity index (χ4n) is 5.11. The standard InChI is InChI=1S/C28H30N4O3/c1-18(2)16-24(32-26(33)21-9-4-5-10-22(21)27(32)34)28(35)31-14-12-30(13-15-31)25-17-19(3)20-8-6-7-11-23(20)29-25/h4-11,17-18,24H,12-16H2,1-3H3. The zero-order valence-corrected chi connectivity index (χ0v) is 20.4. The maximum Gasteiger partial charge on any atom is 0.262 e. The molecule has 2 aliphatic heterocycles. The number of fused-ring (bicyclic) bond motifs is 2. The Morgan fingerprint density at radius 2 is 1.51 bits per heavy atom. The molecule has 0 bridgehead atoms. The fraction of sp³-hybridized carbons (Fsp3) is 0.357. The second kappa shape index (κ2) is 9.13. The molecule has 3 heterocycles. The molecule has 180 valence electrons. The molecule has 2 aromatic carbocycles. The predicted molar refractivity (Wildman–Crippen MR) is 135 cm³/mol. The van der Waals surface area contributed by atoms with Crippen molar-refractivity contribution in [3.63, 3.8) is 0 Å². The van der Waals surface area contributed by atoms with Gasteiger partial charge in [-0.05, 0) is 49.1 Å². The zero-order chi connectivity index (χ0) is 24.7. The van der Waals surface area contributed by atoms with Crippen molar-refractivity contribution >= 4 is 34.4 Å². The maximum absolute atomic E-state index is 13.7. The second-order valence-corrected chi connectivity index (χ2v) is 9.80. The van der Waals surface area contributed by atoms with E-state index in [0.717, 1.165) is 16.7 Å². The number of pyridine rings is 1. The topological polar surface area (TPSA) is 73.8 Å². The Hall–Kier alpha value is -3.74. The molecule has 3 amide bonds. The lowest BCUT2D eigenvalue weighted by atomic mass is 10.0. The monoisotopic (exact) mass is 470 g/mol. The first-order chi connectivity index (χ1) is 16.8. The molecule has 1 atom stereocenters. The summed E-state index contributed by atoms with van der Waals surface area (Å²) in [5.41, 5.74) is 2.89. The van der Waals surface area contributed by atoms with E-state index < -0.39 is 6.04 Å². The first-order valence-electron chi connectivity index (χ1n) is 12.2. The van der Waals surface area contributed by atoms with Gasteiger partial charge in [-0.25, -0.2) is 4.98 Å². The van der Waals surface area contributed by atoms with Crippen molar-refractivity contribution in [1.29, 1.82) is 0 Å². The van der Waals surface area contributed by atoms with Crippen LogP contribution in [0.3, 0.4) is 0 Å². The number of anilines is 1. The highest BCUT2D eigenvalue weighted by Gasteiger charge is 2.44. The first-order valence-corrected chi connectivity index (χ1v) is 12.2. The summed E-state index contributed by atoms with van der Waals surface area (Å²) in [7, 11) is 0. The molecule has 1 unspecified atom stereocenters. The zero-order valence-electron chi connectivity index (χ0n) is 20.4. The van der Waals surface area contributed by atoms with Gasteiger partial charge in [0, 0.05) is 31.6 Å². The van der Waals surface area contributed by atoms with Crippen molar-refractivity contribution in [2.24, 2.45) is 5.92 Å². The van der Waals surface area contributed by atoms with Crippen molar-refractivity contribution in [2.75, 3.05) is 31.1 Å². The molecule has 5 rings (SSSR count). The quantitative estimate of drug-likeness (QED) is 0.529. The largest absolute Gasteiger partial charge is 0.353 e. The number of hydrogen-bond donors (Lipinski definition) is 0. The Kier molecular flexibility index (Phi) is 6.01. The van der Waals surface area contributed by atoms with Gasteiger partial charge < -0.3 is 9.80 Å². The lowest BCUT2D eigenvalue weighted by Gasteiger charge is -2.38. The van der Waals surface area contributed by atoms with Crippen LogP contribution in [-0.2, 0) is 4.79 Å². The minimum atomic E-state index is -0.796. The molecule has 1 aromatic heterocycles. The predicted octanol–water partition coefficient (Wildman–Crippen LogP) is 3.90. The fourth-order valence-corrected chi connectivity index (χ4v) is 5.11. The molecular formula is C28H30N4O3. The summed E-state index contributed by atoms with van der Waals surface area (Å²) in [6.07, 6.45) is 0.440. The van der Waals surface area contributed by atoms with Gasteiger partial charge in [-0.15, -0.1) is 0 Å². The van der Waals surface area contributed by atoms with Gasteiger partial charge >= 0.3 is 0 Å². The summed E-state index contributed by atoms with van der Waals surface area (Å²) >= 11 is 0. The van der Waals surface area contributed by atoms with E-state index >= 15 is 0 Å². The molecule has 1 saturated heterocycles. The number of benzene rings is 2. The van der Waals surface area contributed by atoms with Gasteiger partial charge in [0.1, 0.15) is 11.9 Å². The molecule has 2 aliphatic rings. The summed E-state index contributed by atoms with van der Waals surface area (Å²) in [4.78, 5) is 49.9. The lowest BCUT2D eigenvalue weighted by Crippen LogP contribution is -2.56. The van der Waals surface area contributed by atoms with Crippen LogP contribution in [0, 0.1) is 12.8 Å². The minimum Gasteiger partial charge on any atom is -0.353 e. The molecule has 3 aromatic rings. The molecule has 0 N–H and O–H groups in total. The van der Waals surface area contributed by atoms with Gasteiger partial charge in [-0.1, -0.05) is 44.2 Å². The van der Waals surface area contributed by atoms with E-state index in [9.17, 15) is 14.4 Å². The summed E-state index contributed by atoms with van der Waals surface area (Å²) < 4.78 is 0. The molecule has 0 aliphatic carbocycles. The number of imide groups is 1. The second-order valence-electron chi connectivity index (χ2n) is 9.80. The van der Waals surface area contributed by atoms with Crippen LogP contribution in [0.1, 0.15) is 46.5 Å². The summed E-state index contributed by atoms with van der Waals surface area (Å²) in [5.74, 6) is 0.153. The van der Waals surface area contributed by atoms with Crippen LogP contribution in [0.25, 0.3) is 10.9 Å². The molecule has 0 spiro atoms. The van der Waals surface area contributed by atoms with Crippen molar-refractivity contribution in [1.82, 2.24) is 14.8 Å². The molecule has 0 radical (unpaired) electrons. The van der Waals surface area contributed by atoms with Crippen LogP contribution in [0.5, 0.6) is 0 Å². The average Bonchev–Trinajstić information content (AvgIpc) is 3.12. The third kappa shape index (κ3) is 4.16. The van der Waals surface area contributed by atoms with Gasteiger partial charge in [-0.3, -0.25) is 19.3 Å². The van der Waals surface area contributed by atoms with Crippen LogP contribution in [0.15, 0.2) is 54.6 Å². The molecular weight excluding hydrogens is 440 g/mol. The molecule has 1 fully saturated rings. The summed E-state index contributed by atoms with van der Waals surface area (Å²) in [6, 6.07) is 16.2. The summed E-state index contributed by atoms with van der Waals surface area (Å²) in [5, 5.41) is 1.14. The number of piperazine rings is 1. The van der Waals surface area contributed by atoms with E-state index in [2.05, 4.69) is 24.0 Å². The number of nitrogens with zero attached hydrogens (tertiary/aromatic N) is 4. The molecule has 0 saturated carbocycles. The number of aromatic nitrogens is 1. The van der Waals surface area contributed by atoms with E-state index in [1.54, 1.807) is 29.2 Å². The van der Waals surface area contributed by atoms with Crippen LogP contribution < -0.4 is 4.90 Å². The van der Waals surface area contributed by atoms with Gasteiger partial charge in [0.25, 0.3) is 11.8 Å². The van der Waals surface area contributed by atoms with Gasteiger partial charge in [0.05, 0.1) is 16.6 Å². The van der Waals surface area contributed by atoms with Crippen LogP contribution >= 0.6 is 0 Å². The van der Waals surface area contributed by atoms with Crippen molar-refractivity contribution < 1.29 is 14.4 Å². The Morgan fingerprint density at radius 1 is 0.914 bits per heavy atom. The smallest absolute Gasteiger partial charge is 0.262 e. The lowest BCUT2D eigenvalue weighted by molar-refractivity contribution is -0.136. The molecule has 7 nitrogen and oxygen atoms in total. The molecule has 35 heavy (non-hydrogen) atoms. The number of amides is 3. The van der Waals surface area contributed by atoms with Crippen molar-refractivity contribution in [2.45, 2.75) is 33.2 Å². The number of hydrogen-bond acceptors (Lipinski definition) is 5. The van der Waals surface area contributed by atoms with Gasteiger partial charge in [-0.2, -0.15) is 0 Å². The minimum absolute atomic E-state index is 0.152. The number of para-hydroxylation sites is 1. The number of aryl methyl sites for hydroxylation is 1. The van der Waals surface area contributed by atoms with Crippen LogP contribution in [-0.4, -0.2) is 64.7 Å². The van der Waals surface area contributed by atoms with E-state index in [4.69, 9.17) is 4.98 Å². The number of carbonyl (C=O) groups excluding carboxylic acids is 3. The van der Waals surface area contributed by atoms with Gasteiger partial charge in [0.2, 0.25) is 5.91 Å². The Labute approximate surface area is 205 Å². The Balaban J connectivity index is 1.33. The SMILES string of the molecule is Cc1cc(N2CCN(C(=O)C(CC(C)C)N3C(=O)c4ccccc4C3=O)CC2)nc2ccccc12. The molecule has 7 heteroatoms. The third-order valence-corrected chi connectivity index (χ3v) is 6.94. The van der Waals surface area contributed by atoms with E-state index in [0.29, 0.717) is 43.7 Å². The first kappa shape index (κ1) is 23.0. The maximum atomic E-state index is 13.7. The highest BCUT2D eigenvalue weighted by atomic mass is 16.2. The number of rotatable bonds is 5. The summed E-state index contributed by atoms with van der Waals surface area (Å²) in [6.45, 7) is 8.43. The van der Waals surface area contributed by atoms with Crippen LogP contribution in [0.2, 0.25) is 0 Å². The van der Waals surface area contributed by atoms with Crippen LogP contribution in [0.4, 0.5) is 5.82 Å². The van der Waals surface area contributed by atoms with Crippen molar-refractivity contribution in [3.8, 4) is 0 Å². The highest BCUT2D eigenvalue weighted by molar-refractivity contribution is 6.22. The normalized spacial score (nSPS) is 16.9. The van der Waals surface area contributed by atoms with Gasteiger partial charge in [0.15, 0.2) is 0 Å². The highest BCUT2D eigenvalue weighted by Crippen LogP contribution is 2.29. The van der Waals surface area contributed by atoms with Crippen molar-refractivity contribution in [3.05, 3.63) is 71.3 Å². The third-order valence-electron chi connectivity index (χ3n) is 6.94. The van der Waals surface area contributed by atoms with E-state index in [1.807, 2.05) is 32.0 Å². The van der Waals surface area contributed by atoms with E-state index in [-0.39, 0.29) is 23.6 Å².